The molecule has 0 atom stereocenters. The van der Waals surface area contributed by atoms with Crippen molar-refractivity contribution in [2.45, 2.75) is 6.92 Å². The van der Waals surface area contributed by atoms with Crippen LogP contribution in [0.1, 0.15) is 5.56 Å². The van der Waals surface area contributed by atoms with Crippen molar-refractivity contribution in [3.63, 3.8) is 0 Å². The number of nitrogens with zero attached hydrogens (tertiary/aromatic N) is 1. The molecule has 0 spiro atoms. The number of rotatable bonds is 3. The lowest BCUT2D eigenvalue weighted by Gasteiger charge is -2.09. The molecular weight excluding hydrogens is 237 g/mol. The number of hydrogen-bond acceptors (Lipinski definition) is 2. The molecule has 0 aliphatic carbocycles. The Bertz CT molecular complexity index is 562. The normalized spacial score (nSPS) is 10.2. The fourth-order valence-electron chi connectivity index (χ4n) is 1.56. The van der Waals surface area contributed by atoms with Crippen LogP contribution in [0.25, 0.3) is 5.69 Å². The van der Waals surface area contributed by atoms with Gasteiger partial charge in [0.15, 0.2) is 0 Å². The maximum atomic E-state index is 12.0. The highest BCUT2D eigenvalue weighted by molar-refractivity contribution is 7.71. The predicted molar refractivity (Wildman–Crippen MR) is 67.9 cm³/mol. The summed E-state index contributed by atoms with van der Waals surface area (Å²) in [4.78, 5) is 0. The van der Waals surface area contributed by atoms with E-state index < -0.39 is 6.86 Å². The molecule has 1 aromatic heterocycles. The van der Waals surface area contributed by atoms with E-state index in [0.717, 1.165) is 15.9 Å². The predicted octanol–water partition coefficient (Wildman–Crippen LogP) is 3.82. The second-order valence-corrected chi connectivity index (χ2v) is 4.08. The Labute approximate surface area is 104 Å². The Kier molecular flexibility index (Phi) is 3.54. The number of ether oxygens (including phenoxy) is 1. The van der Waals surface area contributed by atoms with Gasteiger partial charge >= 0.3 is 0 Å². The lowest BCUT2D eigenvalue weighted by molar-refractivity contribution is 0.192. The van der Waals surface area contributed by atoms with E-state index >= 15 is 0 Å². The second kappa shape index (κ2) is 5.10. The number of aryl methyl sites for hydroxylation is 1. The van der Waals surface area contributed by atoms with Crippen LogP contribution in [-0.2, 0) is 0 Å². The number of benzene rings is 1. The minimum atomic E-state index is -0.816. The molecule has 1 heterocycles. The molecule has 0 fully saturated rings. The molecule has 0 unspecified atom stereocenters. The van der Waals surface area contributed by atoms with Crippen LogP contribution in [0.15, 0.2) is 42.6 Å². The number of pyridine rings is 1. The Morgan fingerprint density at radius 3 is 2.53 bits per heavy atom. The van der Waals surface area contributed by atoms with Gasteiger partial charge < -0.3 is 9.30 Å². The van der Waals surface area contributed by atoms with Crippen LogP contribution in [0.3, 0.4) is 0 Å². The Morgan fingerprint density at radius 1 is 1.18 bits per heavy atom. The first-order chi connectivity index (χ1) is 8.20. The van der Waals surface area contributed by atoms with Crippen LogP contribution in [-0.4, -0.2) is 11.4 Å². The van der Waals surface area contributed by atoms with Crippen molar-refractivity contribution in [2.75, 3.05) is 6.86 Å². The third-order valence-electron chi connectivity index (χ3n) is 2.40. The van der Waals surface area contributed by atoms with E-state index in [2.05, 4.69) is 0 Å². The van der Waals surface area contributed by atoms with Gasteiger partial charge in [0.2, 0.25) is 6.86 Å². The average Bonchev–Trinajstić information content (AvgIpc) is 2.34. The van der Waals surface area contributed by atoms with Gasteiger partial charge in [-0.3, -0.25) is 0 Å². The van der Waals surface area contributed by atoms with Crippen molar-refractivity contribution >= 4 is 12.2 Å². The molecule has 0 bridgehead atoms. The number of alkyl halides is 1. The number of aromatic nitrogens is 1. The number of halogens is 1. The lowest BCUT2D eigenvalue weighted by Crippen LogP contribution is -1.97. The highest BCUT2D eigenvalue weighted by Crippen LogP contribution is 2.16. The van der Waals surface area contributed by atoms with Crippen molar-refractivity contribution in [1.82, 2.24) is 4.57 Å². The summed E-state index contributed by atoms with van der Waals surface area (Å²) < 4.78 is 19.4. The number of hydrogen-bond donors (Lipinski definition) is 0. The summed E-state index contributed by atoms with van der Waals surface area (Å²) >= 11 is 5.25. The van der Waals surface area contributed by atoms with Gasteiger partial charge in [-0.1, -0.05) is 18.3 Å². The molecule has 0 N–H and O–H groups in total. The van der Waals surface area contributed by atoms with Crippen molar-refractivity contribution < 1.29 is 9.13 Å². The highest BCUT2D eigenvalue weighted by Gasteiger charge is 1.98. The monoisotopic (exact) mass is 249 g/mol. The van der Waals surface area contributed by atoms with Crippen LogP contribution in [0, 0.1) is 11.6 Å². The van der Waals surface area contributed by atoms with Crippen molar-refractivity contribution in [1.29, 1.82) is 0 Å². The van der Waals surface area contributed by atoms with Gasteiger partial charge in [-0.15, -0.1) is 0 Å². The SMILES string of the molecule is Cc1ccc(=S)n(-c2ccc(OCF)cc2)c1. The quantitative estimate of drug-likeness (QED) is 0.768. The summed E-state index contributed by atoms with van der Waals surface area (Å²) in [6, 6.07) is 11.0. The molecule has 4 heteroatoms. The van der Waals surface area contributed by atoms with Gasteiger partial charge in [0.25, 0.3) is 0 Å². The summed E-state index contributed by atoms with van der Waals surface area (Å²) in [5.74, 6) is 0.510. The van der Waals surface area contributed by atoms with E-state index in [1.165, 1.54) is 0 Å². The van der Waals surface area contributed by atoms with Gasteiger partial charge in [0, 0.05) is 11.9 Å². The summed E-state index contributed by atoms with van der Waals surface area (Å²) in [6.45, 7) is 1.19. The smallest absolute Gasteiger partial charge is 0.228 e. The topological polar surface area (TPSA) is 14.2 Å². The van der Waals surface area contributed by atoms with Crippen LogP contribution in [0.5, 0.6) is 5.75 Å². The second-order valence-electron chi connectivity index (χ2n) is 3.66. The Morgan fingerprint density at radius 2 is 1.88 bits per heavy atom. The summed E-state index contributed by atoms with van der Waals surface area (Å²) in [7, 11) is 0. The first-order valence-corrected chi connectivity index (χ1v) is 5.60. The molecule has 0 saturated heterocycles. The summed E-state index contributed by atoms with van der Waals surface area (Å²) in [6.07, 6.45) is 1.97. The van der Waals surface area contributed by atoms with E-state index in [4.69, 9.17) is 17.0 Å². The third kappa shape index (κ3) is 2.71. The van der Waals surface area contributed by atoms with Crippen molar-refractivity contribution in [2.24, 2.45) is 0 Å². The largest absolute Gasteiger partial charge is 0.463 e. The molecule has 1 aromatic carbocycles. The molecule has 0 aliphatic heterocycles. The summed E-state index contributed by atoms with van der Waals surface area (Å²) in [5, 5.41) is 0. The fourth-order valence-corrected chi connectivity index (χ4v) is 1.79. The van der Waals surface area contributed by atoms with E-state index in [0.29, 0.717) is 5.75 Å². The third-order valence-corrected chi connectivity index (χ3v) is 2.73. The maximum absolute atomic E-state index is 12.0. The zero-order chi connectivity index (χ0) is 12.3. The zero-order valence-corrected chi connectivity index (χ0v) is 10.2. The molecule has 0 amide bonds. The lowest BCUT2D eigenvalue weighted by atomic mass is 10.2. The molecule has 17 heavy (non-hydrogen) atoms. The van der Waals surface area contributed by atoms with E-state index in [1.54, 1.807) is 12.1 Å². The van der Waals surface area contributed by atoms with Crippen LogP contribution < -0.4 is 4.74 Å². The van der Waals surface area contributed by atoms with Gasteiger partial charge in [0.1, 0.15) is 10.4 Å². The van der Waals surface area contributed by atoms with E-state index in [-0.39, 0.29) is 0 Å². The van der Waals surface area contributed by atoms with Gasteiger partial charge in [0.05, 0.1) is 0 Å². The fraction of sp³-hybridized carbons (Fsp3) is 0.154. The molecule has 88 valence electrons. The van der Waals surface area contributed by atoms with E-state index in [1.807, 2.05) is 42.0 Å². The molecular formula is C13H12FNOS. The molecule has 2 aromatic rings. The standard InChI is InChI=1S/C13H12FNOS/c1-10-2-7-13(17)15(8-10)11-3-5-12(6-4-11)16-9-14/h2-8H,9H2,1H3. The van der Waals surface area contributed by atoms with E-state index in [9.17, 15) is 4.39 Å². The van der Waals surface area contributed by atoms with Gasteiger partial charge in [-0.25, -0.2) is 4.39 Å². The molecule has 2 nitrogen and oxygen atoms in total. The molecule has 0 saturated carbocycles. The highest BCUT2D eigenvalue weighted by atomic mass is 32.1. The van der Waals surface area contributed by atoms with Crippen molar-refractivity contribution in [3.05, 3.63) is 52.8 Å². The van der Waals surface area contributed by atoms with Gasteiger partial charge in [-0.2, -0.15) is 0 Å². The summed E-state index contributed by atoms with van der Waals surface area (Å²) in [5.41, 5.74) is 2.06. The molecule has 2 rings (SSSR count). The zero-order valence-electron chi connectivity index (χ0n) is 9.39. The van der Waals surface area contributed by atoms with Crippen LogP contribution in [0.4, 0.5) is 4.39 Å². The molecule has 0 aliphatic rings. The van der Waals surface area contributed by atoms with Crippen LogP contribution in [0.2, 0.25) is 0 Å². The minimum Gasteiger partial charge on any atom is -0.463 e. The Hall–Kier alpha value is -1.68. The maximum Gasteiger partial charge on any atom is 0.228 e. The Balaban J connectivity index is 2.39. The van der Waals surface area contributed by atoms with Crippen LogP contribution >= 0.6 is 12.2 Å². The average molecular weight is 249 g/mol. The first kappa shape index (κ1) is 11.8. The minimum absolute atomic E-state index is 0.510. The first-order valence-electron chi connectivity index (χ1n) is 5.19. The van der Waals surface area contributed by atoms with Crippen molar-refractivity contribution in [3.8, 4) is 11.4 Å². The molecule has 0 radical (unpaired) electrons. The van der Waals surface area contributed by atoms with Gasteiger partial charge in [-0.05, 0) is 42.8 Å².